The lowest BCUT2D eigenvalue weighted by Gasteiger charge is -2.27. The largest absolute Gasteiger partial charge is 0.360 e. The molecule has 0 saturated carbocycles. The van der Waals surface area contributed by atoms with E-state index in [4.69, 9.17) is 4.74 Å². The number of aryl methyl sites for hydroxylation is 2. The molecular weight excluding hydrogens is 380 g/mol. The number of hydrogen-bond acceptors (Lipinski definition) is 4. The van der Waals surface area contributed by atoms with Gasteiger partial charge in [0.1, 0.15) is 11.4 Å². The van der Waals surface area contributed by atoms with Crippen molar-refractivity contribution in [2.45, 2.75) is 38.6 Å². The van der Waals surface area contributed by atoms with E-state index in [-0.39, 0.29) is 17.9 Å². The van der Waals surface area contributed by atoms with Crippen LogP contribution in [0.1, 0.15) is 22.5 Å². The summed E-state index contributed by atoms with van der Waals surface area (Å²) in [6.45, 7) is 5.52. The molecule has 4 heterocycles. The minimum Gasteiger partial charge on any atom is -0.360 e. The van der Waals surface area contributed by atoms with Gasteiger partial charge in [-0.1, -0.05) is 35.9 Å². The monoisotopic (exact) mass is 406 g/mol. The number of H-pyrrole nitrogens is 1. The number of imidazole rings is 1. The van der Waals surface area contributed by atoms with Crippen LogP contribution in [0.25, 0.3) is 0 Å². The highest BCUT2D eigenvalue weighted by molar-refractivity contribution is 5.93. The Hall–Kier alpha value is -2.93. The maximum Gasteiger partial charge on any atom is 0.230 e. The molecule has 2 amide bonds. The minimum atomic E-state index is -0.689. The Kier molecular flexibility index (Phi) is 4.32. The zero-order valence-corrected chi connectivity index (χ0v) is 17.5. The average Bonchev–Trinajstić information content (AvgIpc) is 3.47. The number of aromatic nitrogens is 2. The zero-order valence-electron chi connectivity index (χ0n) is 17.5. The first kappa shape index (κ1) is 19.1. The fourth-order valence-electron chi connectivity index (χ4n) is 5.11. The molecule has 3 aliphatic rings. The highest BCUT2D eigenvalue weighted by Crippen LogP contribution is 2.52. The molecule has 4 atom stereocenters. The second-order valence-electron chi connectivity index (χ2n) is 8.75. The van der Waals surface area contributed by atoms with Crippen LogP contribution in [0.5, 0.6) is 0 Å². The van der Waals surface area contributed by atoms with Crippen molar-refractivity contribution in [2.75, 3.05) is 13.6 Å². The third-order valence-corrected chi connectivity index (χ3v) is 6.65. The van der Waals surface area contributed by atoms with Crippen molar-refractivity contribution >= 4 is 11.8 Å². The molecule has 5 rings (SSSR count). The number of benzene rings is 1. The molecule has 30 heavy (non-hydrogen) atoms. The third kappa shape index (κ3) is 2.88. The number of likely N-dealkylation sites (tertiary alicyclic amines) is 1. The van der Waals surface area contributed by atoms with E-state index in [1.807, 2.05) is 17.1 Å². The van der Waals surface area contributed by atoms with Crippen LogP contribution in [-0.4, -0.2) is 56.9 Å². The summed E-state index contributed by atoms with van der Waals surface area (Å²) < 4.78 is 6.25. The van der Waals surface area contributed by atoms with Crippen molar-refractivity contribution in [3.05, 3.63) is 65.3 Å². The van der Waals surface area contributed by atoms with E-state index >= 15 is 0 Å². The molecule has 7 nitrogen and oxygen atoms in total. The van der Waals surface area contributed by atoms with Crippen LogP contribution in [0.4, 0.5) is 0 Å². The molecule has 156 valence electrons. The Morgan fingerprint density at radius 2 is 2.23 bits per heavy atom. The number of ether oxygens (including phenoxy) is 1. The smallest absolute Gasteiger partial charge is 0.230 e. The lowest BCUT2D eigenvalue weighted by molar-refractivity contribution is -0.143. The van der Waals surface area contributed by atoms with Gasteiger partial charge in [-0.15, -0.1) is 0 Å². The fourth-order valence-corrected chi connectivity index (χ4v) is 5.11. The van der Waals surface area contributed by atoms with Crippen LogP contribution >= 0.6 is 0 Å². The van der Waals surface area contributed by atoms with E-state index in [0.717, 1.165) is 17.0 Å². The van der Waals surface area contributed by atoms with Gasteiger partial charge in [0.15, 0.2) is 0 Å². The molecule has 7 heteroatoms. The van der Waals surface area contributed by atoms with Crippen LogP contribution < -0.4 is 0 Å². The summed E-state index contributed by atoms with van der Waals surface area (Å²) >= 11 is 0. The molecule has 2 bridgehead atoms. The molecule has 1 aromatic heterocycles. The molecule has 0 unspecified atom stereocenters. The van der Waals surface area contributed by atoms with E-state index in [9.17, 15) is 9.59 Å². The molecule has 1 aromatic carbocycles. The van der Waals surface area contributed by atoms with Crippen molar-refractivity contribution in [3.8, 4) is 0 Å². The van der Waals surface area contributed by atoms with Crippen LogP contribution in [0.3, 0.4) is 0 Å². The summed E-state index contributed by atoms with van der Waals surface area (Å²) in [6.07, 6.45) is 7.01. The second-order valence-corrected chi connectivity index (χ2v) is 8.75. The van der Waals surface area contributed by atoms with Crippen LogP contribution in [0, 0.1) is 25.7 Å². The van der Waals surface area contributed by atoms with Gasteiger partial charge in [0, 0.05) is 26.0 Å². The average molecular weight is 406 g/mol. The topological polar surface area (TPSA) is 78.5 Å². The number of amides is 2. The summed E-state index contributed by atoms with van der Waals surface area (Å²) in [5.74, 6) is -0.313. The summed E-state index contributed by atoms with van der Waals surface area (Å²) in [5, 5.41) is 0. The number of carbonyl (C=O) groups is 2. The maximum atomic E-state index is 13.4. The van der Waals surface area contributed by atoms with Gasteiger partial charge >= 0.3 is 0 Å². The molecule has 2 fully saturated rings. The van der Waals surface area contributed by atoms with Gasteiger partial charge in [-0.05, 0) is 25.0 Å². The summed E-state index contributed by atoms with van der Waals surface area (Å²) in [5.41, 5.74) is 2.78. The number of aromatic amines is 1. The number of nitrogens with one attached hydrogen (secondary N) is 1. The molecule has 1 N–H and O–H groups in total. The van der Waals surface area contributed by atoms with E-state index in [2.05, 4.69) is 42.0 Å². The Morgan fingerprint density at radius 1 is 1.40 bits per heavy atom. The lowest BCUT2D eigenvalue weighted by Crippen LogP contribution is -2.44. The van der Waals surface area contributed by atoms with Gasteiger partial charge in [-0.3, -0.25) is 9.59 Å². The Bertz CT molecular complexity index is 1030. The number of nitrogens with zero attached hydrogens (tertiary/aromatic N) is 3. The molecule has 2 saturated heterocycles. The van der Waals surface area contributed by atoms with Crippen molar-refractivity contribution in [1.29, 1.82) is 0 Å². The van der Waals surface area contributed by atoms with Crippen molar-refractivity contribution in [1.82, 2.24) is 19.8 Å². The van der Waals surface area contributed by atoms with Gasteiger partial charge < -0.3 is 19.5 Å². The molecule has 1 spiro atoms. The zero-order chi connectivity index (χ0) is 21.0. The first-order valence-electron chi connectivity index (χ1n) is 10.3. The minimum absolute atomic E-state index is 0.00695. The van der Waals surface area contributed by atoms with Gasteiger partial charge in [0.05, 0.1) is 31.0 Å². The van der Waals surface area contributed by atoms with Gasteiger partial charge in [-0.2, -0.15) is 0 Å². The Labute approximate surface area is 175 Å². The maximum absolute atomic E-state index is 13.4. The standard InChI is InChI=1S/C23H26N4O3/c1-14-4-5-15(2)16(10-14)11-27-13-23-7-6-17(30-23)19(20(23)22(27)29)21(28)26(3)12-18-24-8-9-25-18/h4-10,17,19-20H,11-13H2,1-3H3,(H,24,25)/t17-,19-,20+,23-/m0/s1. The van der Waals surface area contributed by atoms with E-state index in [1.54, 1.807) is 24.3 Å². The predicted octanol–water partition coefficient (Wildman–Crippen LogP) is 1.97. The Morgan fingerprint density at radius 3 is 3.00 bits per heavy atom. The van der Waals surface area contributed by atoms with Crippen molar-refractivity contribution in [2.24, 2.45) is 11.8 Å². The molecule has 2 aromatic rings. The molecule has 0 aliphatic carbocycles. The SMILES string of the molecule is Cc1ccc(C)c(CN2C[C@]34C=C[C@H](O3)[C@H](C(=O)N(C)Cc3ncc[nH]3)[C@@H]4C2=O)c1. The third-order valence-electron chi connectivity index (χ3n) is 6.65. The fraction of sp³-hybridized carbons (Fsp3) is 0.435. The van der Waals surface area contributed by atoms with Gasteiger partial charge in [0.2, 0.25) is 11.8 Å². The highest BCUT2D eigenvalue weighted by atomic mass is 16.5. The van der Waals surface area contributed by atoms with Crippen LogP contribution in [0.2, 0.25) is 0 Å². The van der Waals surface area contributed by atoms with E-state index in [1.165, 1.54) is 5.56 Å². The summed E-state index contributed by atoms with van der Waals surface area (Å²) in [6, 6.07) is 6.29. The van der Waals surface area contributed by atoms with Crippen molar-refractivity contribution < 1.29 is 14.3 Å². The Balaban J connectivity index is 1.38. The van der Waals surface area contributed by atoms with E-state index in [0.29, 0.717) is 19.6 Å². The van der Waals surface area contributed by atoms with Crippen LogP contribution in [-0.2, 0) is 27.4 Å². The first-order valence-corrected chi connectivity index (χ1v) is 10.3. The normalized spacial score (nSPS) is 29.0. The van der Waals surface area contributed by atoms with Gasteiger partial charge in [0.25, 0.3) is 0 Å². The second kappa shape index (κ2) is 6.80. The molecular formula is C23H26N4O3. The quantitative estimate of drug-likeness (QED) is 0.770. The summed E-state index contributed by atoms with van der Waals surface area (Å²) in [4.78, 5) is 37.5. The lowest BCUT2D eigenvalue weighted by atomic mass is 9.76. The van der Waals surface area contributed by atoms with Crippen molar-refractivity contribution in [3.63, 3.8) is 0 Å². The van der Waals surface area contributed by atoms with Gasteiger partial charge in [-0.25, -0.2) is 4.98 Å². The van der Waals surface area contributed by atoms with Crippen LogP contribution in [0.15, 0.2) is 42.7 Å². The predicted molar refractivity (Wildman–Crippen MR) is 110 cm³/mol. The number of rotatable bonds is 5. The molecule has 0 radical (unpaired) electrons. The number of fused-ring (bicyclic) bond motifs is 1. The van der Waals surface area contributed by atoms with E-state index < -0.39 is 17.4 Å². The molecule has 3 aliphatic heterocycles. The highest BCUT2D eigenvalue weighted by Gasteiger charge is 2.67. The number of hydrogen-bond donors (Lipinski definition) is 1. The number of carbonyl (C=O) groups excluding carboxylic acids is 2. The summed E-state index contributed by atoms with van der Waals surface area (Å²) in [7, 11) is 1.75. The first-order chi connectivity index (χ1) is 14.4.